The fraction of sp³-hybridized carbons (Fsp3) is 0.444. The van der Waals surface area contributed by atoms with Crippen LogP contribution in [0.5, 0.6) is 0 Å². The molecule has 0 amide bonds. The van der Waals surface area contributed by atoms with Crippen molar-refractivity contribution in [3.63, 3.8) is 0 Å². The SMILES string of the molecule is C[C-](C)CC1=CC=CC1.[Pt]. The van der Waals surface area contributed by atoms with Gasteiger partial charge in [-0.3, -0.25) is 0 Å². The Morgan fingerprint density at radius 1 is 1.50 bits per heavy atom. The van der Waals surface area contributed by atoms with Crippen LogP contribution in [0.3, 0.4) is 0 Å². The summed E-state index contributed by atoms with van der Waals surface area (Å²) in [6, 6.07) is 0. The smallest absolute Gasteiger partial charge is 0 e. The van der Waals surface area contributed by atoms with E-state index in [4.69, 9.17) is 0 Å². The van der Waals surface area contributed by atoms with Crippen LogP contribution in [0.1, 0.15) is 26.7 Å². The first kappa shape index (κ1) is 10.2. The van der Waals surface area contributed by atoms with E-state index in [1.807, 2.05) is 0 Å². The van der Waals surface area contributed by atoms with Crippen molar-refractivity contribution in [3.8, 4) is 0 Å². The molecule has 0 aliphatic heterocycles. The van der Waals surface area contributed by atoms with Crippen molar-refractivity contribution in [2.75, 3.05) is 0 Å². The Balaban J connectivity index is 0.000000810. The van der Waals surface area contributed by atoms with Gasteiger partial charge in [0.15, 0.2) is 0 Å². The molecule has 0 nitrogen and oxygen atoms in total. The molecule has 0 saturated heterocycles. The Morgan fingerprint density at radius 3 is 2.60 bits per heavy atom. The summed E-state index contributed by atoms with van der Waals surface area (Å²) >= 11 is 0. The maximum atomic E-state index is 2.22. The maximum absolute atomic E-state index is 2.22. The van der Waals surface area contributed by atoms with E-state index in [-0.39, 0.29) is 21.1 Å². The van der Waals surface area contributed by atoms with Gasteiger partial charge in [0.25, 0.3) is 0 Å². The first-order valence-corrected chi connectivity index (χ1v) is 3.42. The summed E-state index contributed by atoms with van der Waals surface area (Å²) in [5, 5.41) is 0. The molecule has 0 heterocycles. The molecule has 0 fully saturated rings. The number of allylic oxidation sites excluding steroid dienone is 4. The zero-order valence-corrected chi connectivity index (χ0v) is 8.73. The van der Waals surface area contributed by atoms with Gasteiger partial charge in [-0.05, 0) is 6.42 Å². The van der Waals surface area contributed by atoms with E-state index >= 15 is 0 Å². The Hall–Kier alpha value is 0.168. The molecule has 0 N–H and O–H groups in total. The van der Waals surface area contributed by atoms with Crippen molar-refractivity contribution in [2.45, 2.75) is 26.7 Å². The molecule has 1 aliphatic carbocycles. The summed E-state index contributed by atoms with van der Waals surface area (Å²) in [6.45, 7) is 4.36. The summed E-state index contributed by atoms with van der Waals surface area (Å²) in [5.41, 5.74) is 1.55. The van der Waals surface area contributed by atoms with Crippen LogP contribution in [0.4, 0.5) is 0 Å². The first-order valence-electron chi connectivity index (χ1n) is 3.42. The van der Waals surface area contributed by atoms with Gasteiger partial charge in [0.1, 0.15) is 0 Å². The van der Waals surface area contributed by atoms with Crippen molar-refractivity contribution < 1.29 is 21.1 Å². The van der Waals surface area contributed by atoms with Gasteiger partial charge < -0.3 is 5.92 Å². The predicted octanol–water partition coefficient (Wildman–Crippen LogP) is 2.87. The van der Waals surface area contributed by atoms with Crippen LogP contribution in [0.15, 0.2) is 23.8 Å². The quantitative estimate of drug-likeness (QED) is 0.687. The van der Waals surface area contributed by atoms with Gasteiger partial charge in [-0.15, -0.1) is 0 Å². The molecule has 1 heteroatoms. The van der Waals surface area contributed by atoms with E-state index < -0.39 is 0 Å². The van der Waals surface area contributed by atoms with E-state index in [0.29, 0.717) is 0 Å². The van der Waals surface area contributed by atoms with Crippen molar-refractivity contribution >= 4 is 0 Å². The second-order valence-electron chi connectivity index (χ2n) is 2.84. The molecule has 0 bridgehead atoms. The third-order valence-corrected chi connectivity index (χ3v) is 1.43. The van der Waals surface area contributed by atoms with Crippen LogP contribution in [0.2, 0.25) is 0 Å². The van der Waals surface area contributed by atoms with Crippen LogP contribution < -0.4 is 0 Å². The largest absolute Gasteiger partial charge is 0.316 e. The minimum atomic E-state index is 0. The average Bonchev–Trinajstić information content (AvgIpc) is 2.15. The maximum Gasteiger partial charge on any atom is 0 e. The molecule has 10 heavy (non-hydrogen) atoms. The van der Waals surface area contributed by atoms with Gasteiger partial charge in [-0.2, -0.15) is 20.3 Å². The van der Waals surface area contributed by atoms with Crippen molar-refractivity contribution in [1.29, 1.82) is 0 Å². The third-order valence-electron chi connectivity index (χ3n) is 1.43. The fourth-order valence-electron chi connectivity index (χ4n) is 1.08. The second-order valence-corrected chi connectivity index (χ2v) is 2.84. The number of hydrogen-bond acceptors (Lipinski definition) is 0. The van der Waals surface area contributed by atoms with Crippen LogP contribution in [-0.4, -0.2) is 0 Å². The van der Waals surface area contributed by atoms with Crippen molar-refractivity contribution in [2.24, 2.45) is 0 Å². The zero-order chi connectivity index (χ0) is 6.69. The molecule has 1 rings (SSSR count). The van der Waals surface area contributed by atoms with Crippen LogP contribution in [-0.2, 0) is 21.1 Å². The van der Waals surface area contributed by atoms with E-state index in [1.165, 1.54) is 18.8 Å². The van der Waals surface area contributed by atoms with Gasteiger partial charge in [0.05, 0.1) is 0 Å². The summed E-state index contributed by atoms with van der Waals surface area (Å²) < 4.78 is 0. The molecule has 0 aromatic carbocycles. The van der Waals surface area contributed by atoms with Gasteiger partial charge in [-0.25, -0.2) is 0 Å². The summed E-state index contributed by atoms with van der Waals surface area (Å²) in [6.07, 6.45) is 8.92. The second kappa shape index (κ2) is 4.90. The number of hydrogen-bond donors (Lipinski definition) is 0. The Morgan fingerprint density at radius 2 is 2.20 bits per heavy atom. The fourth-order valence-corrected chi connectivity index (χ4v) is 1.08. The van der Waals surface area contributed by atoms with Crippen LogP contribution in [0, 0.1) is 5.92 Å². The Bertz CT molecular complexity index is 143. The molecule has 0 aromatic heterocycles. The molecule has 0 atom stereocenters. The molecule has 0 radical (unpaired) electrons. The van der Waals surface area contributed by atoms with E-state index in [0.717, 1.165) is 0 Å². The van der Waals surface area contributed by atoms with Crippen LogP contribution in [0.25, 0.3) is 0 Å². The summed E-state index contributed by atoms with van der Waals surface area (Å²) in [4.78, 5) is 0. The van der Waals surface area contributed by atoms with Crippen molar-refractivity contribution in [1.82, 2.24) is 0 Å². The summed E-state index contributed by atoms with van der Waals surface area (Å²) in [5.74, 6) is 1.50. The minimum Gasteiger partial charge on any atom is -0.316 e. The topological polar surface area (TPSA) is 0 Å². The Labute approximate surface area is 77.7 Å². The average molecular weight is 316 g/mol. The van der Waals surface area contributed by atoms with E-state index in [9.17, 15) is 0 Å². The van der Waals surface area contributed by atoms with Crippen molar-refractivity contribution in [3.05, 3.63) is 29.7 Å². The Kier molecular flexibility index (Phi) is 4.99. The van der Waals surface area contributed by atoms with Gasteiger partial charge in [0, 0.05) is 21.1 Å². The standard InChI is InChI=1S/C9H13.Pt/c1-8(2)7-9-5-3-4-6-9;/h3-5H,6-7H2,1-2H3;/q-1;. The van der Waals surface area contributed by atoms with E-state index in [1.54, 1.807) is 5.57 Å². The number of rotatable bonds is 2. The third kappa shape index (κ3) is 3.37. The van der Waals surface area contributed by atoms with E-state index in [2.05, 4.69) is 32.1 Å². The normalized spacial score (nSPS) is 15.3. The summed E-state index contributed by atoms with van der Waals surface area (Å²) in [7, 11) is 0. The monoisotopic (exact) mass is 316 g/mol. The van der Waals surface area contributed by atoms with Gasteiger partial charge in [0.2, 0.25) is 0 Å². The molecule has 1 aliphatic rings. The van der Waals surface area contributed by atoms with Crippen LogP contribution >= 0.6 is 0 Å². The van der Waals surface area contributed by atoms with Gasteiger partial charge >= 0.3 is 0 Å². The first-order chi connectivity index (χ1) is 4.29. The molecule has 0 unspecified atom stereocenters. The molecular formula is C9H13Pt-. The predicted molar refractivity (Wildman–Crippen MR) is 41.0 cm³/mol. The molecule has 0 saturated carbocycles. The molecular weight excluding hydrogens is 303 g/mol. The molecule has 0 aromatic rings. The molecule has 60 valence electrons. The molecule has 0 spiro atoms. The minimum absolute atomic E-state index is 0. The zero-order valence-electron chi connectivity index (χ0n) is 6.46. The van der Waals surface area contributed by atoms with Gasteiger partial charge in [-0.1, -0.05) is 23.8 Å².